The highest BCUT2D eigenvalue weighted by Gasteiger charge is 2.15. The lowest BCUT2D eigenvalue weighted by Gasteiger charge is -2.03. The molecule has 0 saturated heterocycles. The summed E-state index contributed by atoms with van der Waals surface area (Å²) >= 11 is 1.20. The first-order valence-electron chi connectivity index (χ1n) is 6.14. The Balaban J connectivity index is 1.97. The quantitative estimate of drug-likeness (QED) is 0.853. The second kappa shape index (κ2) is 6.33. The number of aromatic carboxylic acids is 1. The Morgan fingerprint density at radius 1 is 1.50 bits per heavy atom. The van der Waals surface area contributed by atoms with Crippen molar-refractivity contribution in [2.45, 2.75) is 26.3 Å². The minimum absolute atomic E-state index is 0.00534. The number of amides is 1. The van der Waals surface area contributed by atoms with Crippen molar-refractivity contribution in [3.8, 4) is 0 Å². The molecule has 6 nitrogen and oxygen atoms in total. The SMILES string of the molecule is CCCc1occc1C(=O)NCc1nc(C(=O)O)cs1. The molecule has 2 rings (SSSR count). The zero-order chi connectivity index (χ0) is 14.5. The van der Waals surface area contributed by atoms with Crippen LogP contribution in [0.25, 0.3) is 0 Å². The first kappa shape index (κ1) is 14.3. The van der Waals surface area contributed by atoms with Crippen LogP contribution < -0.4 is 5.32 Å². The molecule has 0 bridgehead atoms. The molecule has 20 heavy (non-hydrogen) atoms. The van der Waals surface area contributed by atoms with Crippen LogP contribution >= 0.6 is 11.3 Å². The molecule has 0 aliphatic rings. The monoisotopic (exact) mass is 294 g/mol. The van der Waals surface area contributed by atoms with Crippen molar-refractivity contribution in [1.82, 2.24) is 10.3 Å². The topological polar surface area (TPSA) is 92.4 Å². The molecule has 2 aromatic rings. The second-order valence-electron chi connectivity index (χ2n) is 4.12. The molecule has 7 heteroatoms. The molecule has 0 aliphatic heterocycles. The minimum Gasteiger partial charge on any atom is -0.476 e. The zero-order valence-corrected chi connectivity index (χ0v) is 11.7. The van der Waals surface area contributed by atoms with E-state index in [1.807, 2.05) is 6.92 Å². The van der Waals surface area contributed by atoms with Gasteiger partial charge in [0.05, 0.1) is 18.4 Å². The van der Waals surface area contributed by atoms with Crippen molar-refractivity contribution in [2.24, 2.45) is 0 Å². The van der Waals surface area contributed by atoms with Crippen molar-refractivity contribution < 1.29 is 19.1 Å². The van der Waals surface area contributed by atoms with E-state index in [0.29, 0.717) is 22.8 Å². The molecule has 0 radical (unpaired) electrons. The summed E-state index contributed by atoms with van der Waals surface area (Å²) in [6.45, 7) is 2.21. The zero-order valence-electron chi connectivity index (χ0n) is 10.9. The number of carboxylic acids is 1. The number of hydrogen-bond acceptors (Lipinski definition) is 5. The maximum atomic E-state index is 12.0. The Labute approximate surface area is 119 Å². The summed E-state index contributed by atoms with van der Waals surface area (Å²) in [6.07, 6.45) is 3.09. The molecule has 0 unspecified atom stereocenters. The number of carbonyl (C=O) groups excluding carboxylic acids is 1. The van der Waals surface area contributed by atoms with Crippen LogP contribution in [0.4, 0.5) is 0 Å². The molecule has 106 valence electrons. The van der Waals surface area contributed by atoms with Crippen LogP contribution in [0.1, 0.15) is 45.0 Å². The van der Waals surface area contributed by atoms with Crippen LogP contribution in [0, 0.1) is 0 Å². The van der Waals surface area contributed by atoms with Crippen molar-refractivity contribution in [3.05, 3.63) is 39.7 Å². The number of carboxylic acid groups (broad SMARTS) is 1. The van der Waals surface area contributed by atoms with Crippen LogP contribution in [0.2, 0.25) is 0 Å². The van der Waals surface area contributed by atoms with Gasteiger partial charge in [0.25, 0.3) is 5.91 Å². The molecule has 0 spiro atoms. The predicted octanol–water partition coefficient (Wildman–Crippen LogP) is 2.32. The molecule has 2 aromatic heterocycles. The fourth-order valence-electron chi connectivity index (χ4n) is 1.71. The Morgan fingerprint density at radius 2 is 2.30 bits per heavy atom. The summed E-state index contributed by atoms with van der Waals surface area (Å²) in [4.78, 5) is 26.6. The van der Waals surface area contributed by atoms with Gasteiger partial charge >= 0.3 is 5.97 Å². The molecular weight excluding hydrogens is 280 g/mol. The number of aromatic nitrogens is 1. The van der Waals surface area contributed by atoms with Crippen LogP contribution in [-0.4, -0.2) is 22.0 Å². The lowest BCUT2D eigenvalue weighted by molar-refractivity contribution is 0.0691. The van der Waals surface area contributed by atoms with E-state index in [-0.39, 0.29) is 18.1 Å². The summed E-state index contributed by atoms with van der Waals surface area (Å²) in [5, 5.41) is 13.5. The Morgan fingerprint density at radius 3 is 2.95 bits per heavy atom. The summed E-state index contributed by atoms with van der Waals surface area (Å²) in [7, 11) is 0. The molecule has 1 amide bonds. The van der Waals surface area contributed by atoms with Crippen LogP contribution in [0.5, 0.6) is 0 Å². The van der Waals surface area contributed by atoms with E-state index in [1.165, 1.54) is 23.0 Å². The molecule has 2 heterocycles. The van der Waals surface area contributed by atoms with Gasteiger partial charge in [-0.05, 0) is 12.5 Å². The minimum atomic E-state index is -1.07. The fraction of sp³-hybridized carbons (Fsp3) is 0.308. The third-order valence-corrected chi connectivity index (χ3v) is 3.49. The van der Waals surface area contributed by atoms with E-state index in [2.05, 4.69) is 10.3 Å². The molecule has 0 fully saturated rings. The maximum Gasteiger partial charge on any atom is 0.355 e. The van der Waals surface area contributed by atoms with Crippen molar-refractivity contribution >= 4 is 23.2 Å². The van der Waals surface area contributed by atoms with Gasteiger partial charge in [-0.1, -0.05) is 6.92 Å². The molecular formula is C13H14N2O4S. The van der Waals surface area contributed by atoms with E-state index in [9.17, 15) is 9.59 Å². The summed E-state index contributed by atoms with van der Waals surface area (Å²) in [6, 6.07) is 1.63. The second-order valence-corrected chi connectivity index (χ2v) is 5.06. The highest BCUT2D eigenvalue weighted by atomic mass is 32.1. The van der Waals surface area contributed by atoms with E-state index in [1.54, 1.807) is 6.07 Å². The molecule has 0 aromatic carbocycles. The Hall–Kier alpha value is -2.15. The van der Waals surface area contributed by atoms with Gasteiger partial charge in [-0.25, -0.2) is 9.78 Å². The lowest BCUT2D eigenvalue weighted by Crippen LogP contribution is -2.23. The number of carbonyl (C=O) groups is 2. The van der Waals surface area contributed by atoms with Crippen molar-refractivity contribution in [1.29, 1.82) is 0 Å². The summed E-state index contributed by atoms with van der Waals surface area (Å²) in [5.41, 5.74) is 0.510. The normalized spacial score (nSPS) is 10.4. The fourth-order valence-corrected chi connectivity index (χ4v) is 2.41. The number of hydrogen-bond donors (Lipinski definition) is 2. The first-order chi connectivity index (χ1) is 9.61. The number of nitrogens with one attached hydrogen (secondary N) is 1. The maximum absolute atomic E-state index is 12.0. The van der Waals surface area contributed by atoms with Gasteiger partial charge in [0, 0.05) is 11.8 Å². The third kappa shape index (κ3) is 3.24. The van der Waals surface area contributed by atoms with Crippen LogP contribution in [0.15, 0.2) is 22.1 Å². The van der Waals surface area contributed by atoms with E-state index < -0.39 is 5.97 Å². The average Bonchev–Trinajstić information content (AvgIpc) is 3.05. The first-order valence-corrected chi connectivity index (χ1v) is 7.02. The van der Waals surface area contributed by atoms with Gasteiger partial charge in [-0.3, -0.25) is 4.79 Å². The highest BCUT2D eigenvalue weighted by molar-refractivity contribution is 7.09. The largest absolute Gasteiger partial charge is 0.476 e. The van der Waals surface area contributed by atoms with Crippen molar-refractivity contribution in [3.63, 3.8) is 0 Å². The van der Waals surface area contributed by atoms with Gasteiger partial charge in [-0.15, -0.1) is 11.3 Å². The smallest absolute Gasteiger partial charge is 0.355 e. The third-order valence-electron chi connectivity index (χ3n) is 2.64. The highest BCUT2D eigenvalue weighted by Crippen LogP contribution is 2.14. The summed E-state index contributed by atoms with van der Waals surface area (Å²) < 4.78 is 5.26. The van der Waals surface area contributed by atoms with Crippen molar-refractivity contribution in [2.75, 3.05) is 0 Å². The van der Waals surface area contributed by atoms with Crippen LogP contribution in [0.3, 0.4) is 0 Å². The molecule has 0 atom stereocenters. The standard InChI is InChI=1S/C13H14N2O4S/c1-2-3-10-8(4-5-19-10)12(16)14-6-11-15-9(7-20-11)13(17)18/h4-5,7H,2-3,6H2,1H3,(H,14,16)(H,17,18). The van der Waals surface area contributed by atoms with Gasteiger partial charge in [0.2, 0.25) is 0 Å². The van der Waals surface area contributed by atoms with Gasteiger partial charge in [0.1, 0.15) is 10.8 Å². The number of rotatable bonds is 6. The van der Waals surface area contributed by atoms with Gasteiger partial charge < -0.3 is 14.8 Å². The van der Waals surface area contributed by atoms with Gasteiger partial charge in [0.15, 0.2) is 5.69 Å². The number of aryl methyl sites for hydroxylation is 1. The Bertz CT molecular complexity index is 617. The number of nitrogens with zero attached hydrogens (tertiary/aromatic N) is 1. The van der Waals surface area contributed by atoms with Gasteiger partial charge in [-0.2, -0.15) is 0 Å². The van der Waals surface area contributed by atoms with E-state index in [0.717, 1.165) is 6.42 Å². The number of furan rings is 1. The number of thiazole rings is 1. The molecule has 0 aliphatic carbocycles. The summed E-state index contributed by atoms with van der Waals surface area (Å²) in [5.74, 6) is -0.650. The van der Waals surface area contributed by atoms with E-state index in [4.69, 9.17) is 9.52 Å². The van der Waals surface area contributed by atoms with E-state index >= 15 is 0 Å². The molecule has 0 saturated carbocycles. The predicted molar refractivity (Wildman–Crippen MR) is 72.9 cm³/mol. The average molecular weight is 294 g/mol. The lowest BCUT2D eigenvalue weighted by atomic mass is 10.1. The Kier molecular flexibility index (Phi) is 4.52. The molecule has 2 N–H and O–H groups in total. The van der Waals surface area contributed by atoms with Crippen LogP contribution in [-0.2, 0) is 13.0 Å².